The zero-order valence-electron chi connectivity index (χ0n) is 32.7. The molecule has 0 rings (SSSR count). The van der Waals surface area contributed by atoms with Gasteiger partial charge in [-0.15, -0.1) is 0 Å². The third-order valence-electron chi connectivity index (χ3n) is 10.2. The van der Waals surface area contributed by atoms with Crippen molar-refractivity contribution in [1.82, 2.24) is 0 Å². The van der Waals surface area contributed by atoms with Crippen molar-refractivity contribution >= 4 is 5.97 Å². The molecule has 0 amide bonds. The average molecular weight is 647 g/mol. The lowest BCUT2D eigenvalue weighted by molar-refractivity contribution is -0.148. The predicted molar refractivity (Wildman–Crippen MR) is 207 cm³/mol. The second-order valence-corrected chi connectivity index (χ2v) is 15.7. The van der Waals surface area contributed by atoms with Gasteiger partial charge in [-0.3, -0.25) is 4.79 Å². The van der Waals surface area contributed by atoms with Gasteiger partial charge in [0, 0.05) is 0 Å². The van der Waals surface area contributed by atoms with Crippen LogP contribution in [0.4, 0.5) is 0 Å². The predicted octanol–water partition coefficient (Wildman–Crippen LogP) is 15.4. The molecule has 2 nitrogen and oxygen atoms in total. The number of esters is 1. The number of allylic oxidation sites excluding steroid dienone is 2. The van der Waals surface area contributed by atoms with Gasteiger partial charge in [0.15, 0.2) is 0 Å². The number of hydrogen-bond acceptors (Lipinski definition) is 2. The smallest absolute Gasteiger partial charge is 0.308 e. The van der Waals surface area contributed by atoms with Crippen molar-refractivity contribution in [3.63, 3.8) is 0 Å². The van der Waals surface area contributed by atoms with Gasteiger partial charge >= 0.3 is 5.97 Å². The molecule has 0 aliphatic rings. The molecule has 0 saturated heterocycles. The highest BCUT2D eigenvalue weighted by Gasteiger charge is 2.20. The second kappa shape index (κ2) is 35.5. The molecular formula is C44H86O2. The van der Waals surface area contributed by atoms with Crippen LogP contribution >= 0.6 is 0 Å². The fourth-order valence-corrected chi connectivity index (χ4v) is 7.38. The normalized spacial score (nSPS) is 14.5. The van der Waals surface area contributed by atoms with Crippen LogP contribution in [0.5, 0.6) is 0 Å². The highest BCUT2D eigenvalue weighted by atomic mass is 16.5. The van der Waals surface area contributed by atoms with Gasteiger partial charge < -0.3 is 4.74 Å². The minimum atomic E-state index is 0.0246. The highest BCUT2D eigenvalue weighted by Crippen LogP contribution is 2.27. The van der Waals surface area contributed by atoms with Crippen LogP contribution in [-0.2, 0) is 9.53 Å². The molecule has 0 spiro atoms. The van der Waals surface area contributed by atoms with Crippen molar-refractivity contribution in [3.8, 4) is 0 Å². The minimum Gasteiger partial charge on any atom is -0.465 e. The van der Waals surface area contributed by atoms with E-state index in [1.165, 1.54) is 180 Å². The Hall–Kier alpha value is -0.790. The summed E-state index contributed by atoms with van der Waals surface area (Å²) in [7, 11) is 0. The van der Waals surface area contributed by atoms with Crippen molar-refractivity contribution in [3.05, 3.63) is 12.2 Å². The Balaban J connectivity index is 3.63. The summed E-state index contributed by atoms with van der Waals surface area (Å²) in [4.78, 5) is 12.5. The van der Waals surface area contributed by atoms with Crippen molar-refractivity contribution in [2.24, 2.45) is 23.7 Å². The quantitative estimate of drug-likeness (QED) is 0.0384. The molecule has 2 heteroatoms. The maximum absolute atomic E-state index is 12.5. The molecule has 274 valence electrons. The zero-order valence-corrected chi connectivity index (χ0v) is 32.7. The van der Waals surface area contributed by atoms with Gasteiger partial charge in [0.2, 0.25) is 0 Å². The van der Waals surface area contributed by atoms with Gasteiger partial charge in [0.25, 0.3) is 0 Å². The fourth-order valence-electron chi connectivity index (χ4n) is 7.38. The molecule has 4 unspecified atom stereocenters. The lowest BCUT2D eigenvalue weighted by Crippen LogP contribution is -2.19. The minimum absolute atomic E-state index is 0.0246. The van der Waals surface area contributed by atoms with Crippen LogP contribution in [-0.4, -0.2) is 12.6 Å². The molecular weight excluding hydrogens is 560 g/mol. The first-order valence-corrected chi connectivity index (χ1v) is 21.2. The van der Waals surface area contributed by atoms with Gasteiger partial charge in [-0.2, -0.15) is 0 Å². The number of carbonyl (C=O) groups excluding carboxylic acids is 1. The third kappa shape index (κ3) is 33.1. The van der Waals surface area contributed by atoms with Crippen LogP contribution in [0.3, 0.4) is 0 Å². The van der Waals surface area contributed by atoms with E-state index >= 15 is 0 Å². The number of rotatable bonds is 36. The van der Waals surface area contributed by atoms with Crippen LogP contribution in [0.15, 0.2) is 12.2 Å². The largest absolute Gasteiger partial charge is 0.465 e. The van der Waals surface area contributed by atoms with E-state index in [9.17, 15) is 4.79 Å². The van der Waals surface area contributed by atoms with Gasteiger partial charge in [0.05, 0.1) is 12.5 Å². The molecule has 0 aromatic rings. The Bertz CT molecular complexity index is 640. The van der Waals surface area contributed by atoms with E-state index in [-0.39, 0.29) is 11.9 Å². The molecule has 0 saturated carbocycles. The van der Waals surface area contributed by atoms with E-state index in [0.717, 1.165) is 24.7 Å². The summed E-state index contributed by atoms with van der Waals surface area (Å²) in [5.74, 6) is 2.20. The molecule has 0 aliphatic carbocycles. The van der Waals surface area contributed by atoms with Crippen LogP contribution in [0.1, 0.15) is 234 Å². The number of hydrogen-bond donors (Lipinski definition) is 0. The number of unbranched alkanes of at least 4 members (excludes halogenated alkanes) is 23. The van der Waals surface area contributed by atoms with Crippen molar-refractivity contribution in [2.75, 3.05) is 6.61 Å². The number of ether oxygens (including phenoxy) is 1. The topological polar surface area (TPSA) is 26.3 Å². The summed E-state index contributed by atoms with van der Waals surface area (Å²) >= 11 is 0. The lowest BCUT2D eigenvalue weighted by Gasteiger charge is -2.22. The molecule has 0 heterocycles. The molecule has 0 fully saturated rings. The Labute approximate surface area is 291 Å². The van der Waals surface area contributed by atoms with E-state index in [4.69, 9.17) is 4.74 Å². The first kappa shape index (κ1) is 45.2. The van der Waals surface area contributed by atoms with Crippen LogP contribution < -0.4 is 0 Å². The molecule has 0 aliphatic heterocycles. The van der Waals surface area contributed by atoms with E-state index in [1.54, 1.807) is 0 Å². The monoisotopic (exact) mass is 647 g/mol. The van der Waals surface area contributed by atoms with Crippen LogP contribution in [0.2, 0.25) is 0 Å². The van der Waals surface area contributed by atoms with Gasteiger partial charge in [-0.05, 0) is 69.1 Å². The van der Waals surface area contributed by atoms with Crippen molar-refractivity contribution in [2.45, 2.75) is 234 Å². The summed E-state index contributed by atoms with van der Waals surface area (Å²) in [6, 6.07) is 0. The summed E-state index contributed by atoms with van der Waals surface area (Å²) in [6.07, 6.45) is 45.1. The van der Waals surface area contributed by atoms with E-state index in [0.29, 0.717) is 12.5 Å². The standard InChI is InChI=1S/C44H86O2/c1-7-9-11-13-15-17-19-21-22-23-24-25-27-29-31-33-35-40(3)37-41(4)38-42(5)39-43(6)44(45)46-36-34-32-30-28-26-20-18-16-14-12-10-8-2/h17,19,40-43H,7-16,18,20-39H2,1-6H3/b19-17-. The van der Waals surface area contributed by atoms with E-state index in [1.807, 2.05) is 0 Å². The van der Waals surface area contributed by atoms with Gasteiger partial charge in [0.1, 0.15) is 0 Å². The molecule has 0 aromatic carbocycles. The van der Waals surface area contributed by atoms with Crippen molar-refractivity contribution in [1.29, 1.82) is 0 Å². The van der Waals surface area contributed by atoms with Crippen LogP contribution in [0.25, 0.3) is 0 Å². The van der Waals surface area contributed by atoms with E-state index < -0.39 is 0 Å². The maximum atomic E-state index is 12.5. The Morgan fingerprint density at radius 1 is 0.457 bits per heavy atom. The Morgan fingerprint density at radius 2 is 0.826 bits per heavy atom. The van der Waals surface area contributed by atoms with Gasteiger partial charge in [-0.1, -0.05) is 195 Å². The maximum Gasteiger partial charge on any atom is 0.308 e. The summed E-state index contributed by atoms with van der Waals surface area (Å²) in [5.41, 5.74) is 0. The SMILES string of the molecule is CCCCCC/C=C\CCCCCCCCCCC(C)CC(C)CC(C)CC(C)C(=O)OCCCCCCCCCCCCCC. The average Bonchev–Trinajstić information content (AvgIpc) is 3.02. The summed E-state index contributed by atoms with van der Waals surface area (Å²) in [6.45, 7) is 14.5. The van der Waals surface area contributed by atoms with Crippen molar-refractivity contribution < 1.29 is 9.53 Å². The molecule has 0 radical (unpaired) electrons. The lowest BCUT2D eigenvalue weighted by atomic mass is 9.84. The summed E-state index contributed by atoms with van der Waals surface area (Å²) < 4.78 is 5.65. The van der Waals surface area contributed by atoms with Gasteiger partial charge in [-0.25, -0.2) is 0 Å². The zero-order chi connectivity index (χ0) is 33.9. The highest BCUT2D eigenvalue weighted by molar-refractivity contribution is 5.71. The Morgan fingerprint density at radius 3 is 1.33 bits per heavy atom. The molecule has 0 aromatic heterocycles. The third-order valence-corrected chi connectivity index (χ3v) is 10.2. The fraction of sp³-hybridized carbons (Fsp3) is 0.932. The first-order chi connectivity index (χ1) is 22.4. The first-order valence-electron chi connectivity index (χ1n) is 21.2. The molecule has 4 atom stereocenters. The molecule has 46 heavy (non-hydrogen) atoms. The molecule has 0 N–H and O–H groups in total. The molecule has 0 bridgehead atoms. The number of carbonyl (C=O) groups is 1. The second-order valence-electron chi connectivity index (χ2n) is 15.7. The Kier molecular flexibility index (Phi) is 34.9. The van der Waals surface area contributed by atoms with Crippen LogP contribution in [0, 0.1) is 23.7 Å². The summed E-state index contributed by atoms with van der Waals surface area (Å²) in [5, 5.41) is 0. The van der Waals surface area contributed by atoms with E-state index in [2.05, 4.69) is 53.7 Å².